The summed E-state index contributed by atoms with van der Waals surface area (Å²) >= 11 is 0. The lowest BCUT2D eigenvalue weighted by molar-refractivity contribution is -0.0741. The van der Waals surface area contributed by atoms with E-state index in [0.717, 1.165) is 6.42 Å². The Kier molecular flexibility index (Phi) is 5.17. The van der Waals surface area contributed by atoms with Crippen molar-refractivity contribution in [3.05, 3.63) is 84.4 Å². The first kappa shape index (κ1) is 16.9. The van der Waals surface area contributed by atoms with E-state index < -0.39 is 5.60 Å². The SMILES string of the molecule is C=CC[C@@]1(O)C[C@@H](c2ccccc2)N[C@@H](c2ccccc2)[C@H]1CC. The molecule has 0 amide bonds. The van der Waals surface area contributed by atoms with Gasteiger partial charge in [0.15, 0.2) is 0 Å². The smallest absolute Gasteiger partial charge is 0.0746 e. The molecule has 126 valence electrons. The van der Waals surface area contributed by atoms with Crippen LogP contribution in [0.25, 0.3) is 0 Å². The highest BCUT2D eigenvalue weighted by atomic mass is 16.3. The Morgan fingerprint density at radius 1 is 1.08 bits per heavy atom. The van der Waals surface area contributed by atoms with Crippen LogP contribution in [0.5, 0.6) is 0 Å². The van der Waals surface area contributed by atoms with Crippen molar-refractivity contribution in [2.75, 3.05) is 0 Å². The van der Waals surface area contributed by atoms with Crippen LogP contribution >= 0.6 is 0 Å². The van der Waals surface area contributed by atoms with Gasteiger partial charge in [0.05, 0.1) is 5.60 Å². The van der Waals surface area contributed by atoms with E-state index in [1.54, 1.807) is 0 Å². The predicted molar refractivity (Wildman–Crippen MR) is 99.7 cm³/mol. The van der Waals surface area contributed by atoms with Gasteiger partial charge >= 0.3 is 0 Å². The topological polar surface area (TPSA) is 32.3 Å². The van der Waals surface area contributed by atoms with E-state index in [-0.39, 0.29) is 18.0 Å². The van der Waals surface area contributed by atoms with E-state index in [1.807, 2.05) is 18.2 Å². The van der Waals surface area contributed by atoms with E-state index in [2.05, 4.69) is 67.4 Å². The number of hydrogen-bond donors (Lipinski definition) is 2. The molecule has 0 unspecified atom stereocenters. The summed E-state index contributed by atoms with van der Waals surface area (Å²) in [7, 11) is 0. The molecule has 1 heterocycles. The molecular weight excluding hydrogens is 294 g/mol. The first-order valence-electron chi connectivity index (χ1n) is 8.87. The highest BCUT2D eigenvalue weighted by Gasteiger charge is 2.46. The maximum absolute atomic E-state index is 11.5. The van der Waals surface area contributed by atoms with Crippen molar-refractivity contribution in [3.63, 3.8) is 0 Å². The van der Waals surface area contributed by atoms with Crippen LogP contribution in [-0.2, 0) is 0 Å². The van der Waals surface area contributed by atoms with Crippen molar-refractivity contribution in [2.24, 2.45) is 5.92 Å². The minimum atomic E-state index is -0.733. The highest BCUT2D eigenvalue weighted by Crippen LogP contribution is 2.46. The van der Waals surface area contributed by atoms with Crippen LogP contribution in [0.3, 0.4) is 0 Å². The Labute approximate surface area is 145 Å². The quantitative estimate of drug-likeness (QED) is 0.776. The Balaban J connectivity index is 2.00. The van der Waals surface area contributed by atoms with Crippen LogP contribution in [0.15, 0.2) is 73.3 Å². The second kappa shape index (κ2) is 7.33. The summed E-state index contributed by atoms with van der Waals surface area (Å²) in [5.74, 6) is 0.165. The van der Waals surface area contributed by atoms with Gasteiger partial charge in [-0.1, -0.05) is 73.7 Å². The minimum Gasteiger partial charge on any atom is -0.389 e. The lowest BCUT2D eigenvalue weighted by atomic mass is 9.68. The standard InChI is InChI=1S/C22H27NO/c1-3-15-22(24)16-20(17-11-7-5-8-12-17)23-21(19(22)4-2)18-13-9-6-10-14-18/h3,5-14,19-21,23-24H,1,4,15-16H2,2H3/t19-,20+,21+,22-/m1/s1. The molecule has 0 aromatic heterocycles. The summed E-state index contributed by atoms with van der Waals surface area (Å²) in [4.78, 5) is 0. The van der Waals surface area contributed by atoms with Crippen molar-refractivity contribution in [1.82, 2.24) is 5.32 Å². The van der Waals surface area contributed by atoms with Gasteiger partial charge in [-0.2, -0.15) is 0 Å². The van der Waals surface area contributed by atoms with Crippen molar-refractivity contribution in [2.45, 2.75) is 43.9 Å². The van der Waals surface area contributed by atoms with Gasteiger partial charge in [0.25, 0.3) is 0 Å². The normalized spacial score (nSPS) is 30.0. The molecule has 0 spiro atoms. The van der Waals surface area contributed by atoms with Gasteiger partial charge in [-0.3, -0.25) is 0 Å². The molecule has 2 N–H and O–H groups in total. The molecule has 2 aromatic rings. The molecule has 0 radical (unpaired) electrons. The molecule has 4 atom stereocenters. The summed E-state index contributed by atoms with van der Waals surface area (Å²) in [5.41, 5.74) is 1.74. The molecule has 0 saturated carbocycles. The Morgan fingerprint density at radius 3 is 2.21 bits per heavy atom. The molecule has 2 aromatic carbocycles. The van der Waals surface area contributed by atoms with E-state index in [4.69, 9.17) is 0 Å². The first-order valence-corrected chi connectivity index (χ1v) is 8.87. The number of hydrogen-bond acceptors (Lipinski definition) is 2. The van der Waals surface area contributed by atoms with E-state index in [1.165, 1.54) is 11.1 Å². The zero-order valence-corrected chi connectivity index (χ0v) is 14.4. The monoisotopic (exact) mass is 321 g/mol. The molecule has 0 aliphatic carbocycles. The summed E-state index contributed by atoms with van der Waals surface area (Å²) in [6.07, 6.45) is 4.13. The summed E-state index contributed by atoms with van der Waals surface area (Å²) in [6.45, 7) is 6.05. The van der Waals surface area contributed by atoms with Crippen LogP contribution in [0, 0.1) is 5.92 Å². The third-order valence-corrected chi connectivity index (χ3v) is 5.33. The first-order chi connectivity index (χ1) is 11.7. The summed E-state index contributed by atoms with van der Waals surface area (Å²) < 4.78 is 0. The number of piperidine rings is 1. The fourth-order valence-electron chi connectivity index (χ4n) is 4.20. The van der Waals surface area contributed by atoms with Gasteiger partial charge in [0, 0.05) is 18.0 Å². The fraction of sp³-hybridized carbons (Fsp3) is 0.364. The zero-order valence-electron chi connectivity index (χ0n) is 14.4. The highest BCUT2D eigenvalue weighted by molar-refractivity contribution is 5.27. The average molecular weight is 321 g/mol. The minimum absolute atomic E-state index is 0.139. The Hall–Kier alpha value is -1.90. The third kappa shape index (κ3) is 3.31. The van der Waals surface area contributed by atoms with Crippen molar-refractivity contribution >= 4 is 0 Å². The number of aliphatic hydroxyl groups is 1. The van der Waals surface area contributed by atoms with Crippen molar-refractivity contribution in [1.29, 1.82) is 0 Å². The molecule has 2 nitrogen and oxygen atoms in total. The van der Waals surface area contributed by atoms with Gasteiger partial charge in [0.2, 0.25) is 0 Å². The molecule has 24 heavy (non-hydrogen) atoms. The average Bonchev–Trinajstić information content (AvgIpc) is 2.62. The molecule has 0 bridgehead atoms. The van der Waals surface area contributed by atoms with Gasteiger partial charge in [-0.15, -0.1) is 6.58 Å². The third-order valence-electron chi connectivity index (χ3n) is 5.33. The molecular formula is C22H27NO. The van der Waals surface area contributed by atoms with Crippen LogP contribution in [0.2, 0.25) is 0 Å². The van der Waals surface area contributed by atoms with E-state index >= 15 is 0 Å². The van der Waals surface area contributed by atoms with Crippen LogP contribution in [0.4, 0.5) is 0 Å². The maximum Gasteiger partial charge on any atom is 0.0746 e. The largest absolute Gasteiger partial charge is 0.389 e. The lowest BCUT2D eigenvalue weighted by Crippen LogP contribution is -2.52. The molecule has 3 rings (SSSR count). The second-order valence-electron chi connectivity index (χ2n) is 6.83. The molecule has 1 saturated heterocycles. The molecule has 1 aliphatic heterocycles. The van der Waals surface area contributed by atoms with Crippen LogP contribution < -0.4 is 5.32 Å². The van der Waals surface area contributed by atoms with Crippen LogP contribution in [0.1, 0.15) is 49.4 Å². The number of rotatable bonds is 5. The van der Waals surface area contributed by atoms with Gasteiger partial charge in [0.1, 0.15) is 0 Å². The number of nitrogens with one attached hydrogen (secondary N) is 1. The van der Waals surface area contributed by atoms with E-state index in [0.29, 0.717) is 12.8 Å². The fourth-order valence-corrected chi connectivity index (χ4v) is 4.20. The molecule has 2 heteroatoms. The van der Waals surface area contributed by atoms with Gasteiger partial charge in [-0.25, -0.2) is 0 Å². The summed E-state index contributed by atoms with van der Waals surface area (Å²) in [6, 6.07) is 21.2. The molecule has 1 fully saturated rings. The second-order valence-corrected chi connectivity index (χ2v) is 6.83. The zero-order chi connectivity index (χ0) is 17.0. The Bertz CT molecular complexity index is 654. The predicted octanol–water partition coefficient (Wildman–Crippen LogP) is 4.80. The van der Waals surface area contributed by atoms with Gasteiger partial charge < -0.3 is 10.4 Å². The van der Waals surface area contributed by atoms with Crippen LogP contribution in [-0.4, -0.2) is 10.7 Å². The van der Waals surface area contributed by atoms with Gasteiger partial charge in [-0.05, 0) is 30.4 Å². The lowest BCUT2D eigenvalue weighted by Gasteiger charge is -2.48. The van der Waals surface area contributed by atoms with E-state index in [9.17, 15) is 5.11 Å². The van der Waals surface area contributed by atoms with Crippen molar-refractivity contribution < 1.29 is 5.11 Å². The summed E-state index contributed by atoms with van der Waals surface area (Å²) in [5, 5.41) is 15.3. The maximum atomic E-state index is 11.5. The Morgan fingerprint density at radius 2 is 1.67 bits per heavy atom. The van der Waals surface area contributed by atoms with Crippen molar-refractivity contribution in [3.8, 4) is 0 Å². The molecule has 1 aliphatic rings. The number of benzene rings is 2.